The van der Waals surface area contributed by atoms with Crippen molar-refractivity contribution in [2.75, 3.05) is 20.5 Å². The van der Waals surface area contributed by atoms with E-state index < -0.39 is 44.6 Å². The number of hydrogen-bond donors (Lipinski definition) is 1. The van der Waals surface area contributed by atoms with Crippen molar-refractivity contribution >= 4 is 16.1 Å². The highest BCUT2D eigenvalue weighted by molar-refractivity contribution is 7.88. The number of halogens is 3. The van der Waals surface area contributed by atoms with E-state index in [9.17, 15) is 31.5 Å². The first kappa shape index (κ1) is 29.4. The predicted molar refractivity (Wildman–Crippen MR) is 143 cm³/mol. The zero-order chi connectivity index (χ0) is 30.4. The van der Waals surface area contributed by atoms with Gasteiger partial charge in [0.1, 0.15) is 17.2 Å². The van der Waals surface area contributed by atoms with Crippen LogP contribution in [0.15, 0.2) is 54.6 Å². The molecule has 0 saturated heterocycles. The molecular weight excluding hydrogens is 581 g/mol. The smallest absolute Gasteiger partial charge is 0.497 e. The molecule has 3 aromatic carbocycles. The van der Waals surface area contributed by atoms with Crippen LogP contribution in [-0.4, -0.2) is 45.5 Å². The number of carboxylic acid groups (broad SMARTS) is 1. The van der Waals surface area contributed by atoms with E-state index in [0.717, 1.165) is 6.07 Å². The van der Waals surface area contributed by atoms with E-state index in [2.05, 4.69) is 4.18 Å². The summed E-state index contributed by atoms with van der Waals surface area (Å²) in [5.41, 5.74) is -5.55. The Morgan fingerprint density at radius 2 is 1.74 bits per heavy atom. The van der Waals surface area contributed by atoms with Crippen LogP contribution in [0.4, 0.5) is 13.2 Å². The molecule has 3 aromatic rings. The number of alkyl halides is 3. The fourth-order valence-corrected chi connectivity index (χ4v) is 6.16. The van der Waals surface area contributed by atoms with Gasteiger partial charge < -0.3 is 28.2 Å². The Morgan fingerprint density at radius 3 is 2.40 bits per heavy atom. The van der Waals surface area contributed by atoms with Gasteiger partial charge in [-0.15, -0.1) is 0 Å². The lowest BCUT2D eigenvalue weighted by atomic mass is 9.68. The summed E-state index contributed by atoms with van der Waals surface area (Å²) in [4.78, 5) is 13.2. The molecule has 0 saturated carbocycles. The largest absolute Gasteiger partial charge is 0.534 e. The second-order valence-electron chi connectivity index (χ2n) is 10.0. The molecule has 0 spiro atoms. The second-order valence-corrected chi connectivity index (χ2v) is 11.6. The highest BCUT2D eigenvalue weighted by atomic mass is 32.2. The summed E-state index contributed by atoms with van der Waals surface area (Å²) in [5, 5.41) is 10.7. The number of methoxy groups -OCH3 is 1. The summed E-state index contributed by atoms with van der Waals surface area (Å²) in [5.74, 6) is -3.16. The summed E-state index contributed by atoms with van der Waals surface area (Å²) in [6.45, 7) is 3.99. The molecule has 2 aliphatic rings. The maximum atomic E-state index is 13.4. The molecular formula is C29H27F3O9S. The molecule has 0 bridgehead atoms. The molecule has 224 valence electrons. The molecule has 3 unspecified atom stereocenters. The lowest BCUT2D eigenvalue weighted by Crippen LogP contribution is -2.37. The predicted octanol–water partition coefficient (Wildman–Crippen LogP) is 5.59. The SMILES string of the molecule is CCCOc1ccc2c(c1)C(c1ccc(OC)cc1OS(=O)(=O)C(F)(F)F)C(C(=O)O)C2(C)c1ccc2c(c1)OCO2. The highest BCUT2D eigenvalue weighted by Gasteiger charge is 2.56. The summed E-state index contributed by atoms with van der Waals surface area (Å²) in [6, 6.07) is 13.8. The van der Waals surface area contributed by atoms with Crippen molar-refractivity contribution in [3.8, 4) is 28.7 Å². The number of ether oxygens (including phenoxy) is 4. The first-order valence-electron chi connectivity index (χ1n) is 12.9. The number of rotatable bonds is 9. The second kappa shape index (κ2) is 10.6. The lowest BCUT2D eigenvalue weighted by molar-refractivity contribution is -0.143. The van der Waals surface area contributed by atoms with Crippen LogP contribution < -0.4 is 23.1 Å². The monoisotopic (exact) mass is 608 g/mol. The maximum absolute atomic E-state index is 13.4. The molecule has 42 heavy (non-hydrogen) atoms. The number of hydrogen-bond acceptors (Lipinski definition) is 8. The first-order chi connectivity index (χ1) is 19.8. The highest BCUT2D eigenvalue weighted by Crippen LogP contribution is 2.59. The molecule has 0 fully saturated rings. The Hall–Kier alpha value is -4.13. The number of aliphatic carboxylic acids is 1. The number of carbonyl (C=O) groups is 1. The Morgan fingerprint density at radius 1 is 1.02 bits per heavy atom. The van der Waals surface area contributed by atoms with E-state index in [1.165, 1.54) is 19.2 Å². The van der Waals surface area contributed by atoms with Crippen LogP contribution in [0.5, 0.6) is 28.7 Å². The molecule has 9 nitrogen and oxygen atoms in total. The lowest BCUT2D eigenvalue weighted by Gasteiger charge is -2.33. The quantitative estimate of drug-likeness (QED) is 0.245. The molecule has 5 rings (SSSR count). The Labute approximate surface area is 239 Å². The van der Waals surface area contributed by atoms with Crippen molar-refractivity contribution in [3.05, 3.63) is 76.9 Å². The van der Waals surface area contributed by atoms with Crippen LogP contribution in [-0.2, 0) is 20.3 Å². The third-order valence-electron chi connectivity index (χ3n) is 7.62. The van der Waals surface area contributed by atoms with Crippen molar-refractivity contribution < 1.29 is 54.6 Å². The maximum Gasteiger partial charge on any atom is 0.534 e. The van der Waals surface area contributed by atoms with Gasteiger partial charge in [0.2, 0.25) is 6.79 Å². The fourth-order valence-electron chi connectivity index (χ4n) is 5.69. The van der Waals surface area contributed by atoms with Crippen molar-refractivity contribution in [2.24, 2.45) is 5.92 Å². The van der Waals surface area contributed by atoms with Crippen LogP contribution in [0.2, 0.25) is 0 Å². The topological polar surface area (TPSA) is 118 Å². The molecule has 0 amide bonds. The van der Waals surface area contributed by atoms with Gasteiger partial charge in [0, 0.05) is 23.0 Å². The standard InChI is InChI=1S/C29H27F3O9S/c1-4-11-38-18-7-9-21-20(13-18)25(19-8-6-17(37-3)14-23(19)41-42(35,36)29(30,31)32)26(27(33)34)28(21,2)16-5-10-22-24(12-16)40-15-39-22/h5-10,12-14,25-26H,4,11,15H2,1-3H3,(H,33,34). The zero-order valence-electron chi connectivity index (χ0n) is 22.7. The summed E-state index contributed by atoms with van der Waals surface area (Å²) in [7, 11) is -4.86. The summed E-state index contributed by atoms with van der Waals surface area (Å²) < 4.78 is 91.0. The Bertz CT molecular complexity index is 1640. The van der Waals surface area contributed by atoms with Gasteiger partial charge >= 0.3 is 21.6 Å². The molecule has 13 heteroatoms. The van der Waals surface area contributed by atoms with Gasteiger partial charge in [-0.2, -0.15) is 21.6 Å². The van der Waals surface area contributed by atoms with Crippen LogP contribution in [0, 0.1) is 5.92 Å². The van der Waals surface area contributed by atoms with Gasteiger partial charge in [-0.3, -0.25) is 4.79 Å². The third-order valence-corrected chi connectivity index (χ3v) is 8.59. The van der Waals surface area contributed by atoms with E-state index in [1.54, 1.807) is 43.3 Å². The van der Waals surface area contributed by atoms with Crippen molar-refractivity contribution in [2.45, 2.75) is 37.1 Å². The van der Waals surface area contributed by atoms with Gasteiger partial charge in [0.25, 0.3) is 0 Å². The number of benzene rings is 3. The van der Waals surface area contributed by atoms with Gasteiger partial charge in [0.05, 0.1) is 19.6 Å². The van der Waals surface area contributed by atoms with Crippen LogP contribution in [0.1, 0.15) is 48.4 Å². The van der Waals surface area contributed by atoms with Crippen LogP contribution >= 0.6 is 0 Å². The van der Waals surface area contributed by atoms with Crippen LogP contribution in [0.25, 0.3) is 0 Å². The molecule has 1 heterocycles. The summed E-state index contributed by atoms with van der Waals surface area (Å²) >= 11 is 0. The van der Waals surface area contributed by atoms with E-state index in [1.807, 2.05) is 6.92 Å². The number of carboxylic acids is 1. The summed E-state index contributed by atoms with van der Waals surface area (Å²) in [6.07, 6.45) is 0.693. The van der Waals surface area contributed by atoms with Crippen molar-refractivity contribution in [3.63, 3.8) is 0 Å². The van der Waals surface area contributed by atoms with Gasteiger partial charge in [0.15, 0.2) is 11.5 Å². The molecule has 1 aliphatic heterocycles. The normalized spacial score (nSPS) is 21.1. The van der Waals surface area contributed by atoms with E-state index in [-0.39, 0.29) is 18.1 Å². The molecule has 1 N–H and O–H groups in total. The van der Waals surface area contributed by atoms with E-state index >= 15 is 0 Å². The van der Waals surface area contributed by atoms with Gasteiger partial charge in [-0.05, 0) is 53.4 Å². The Kier molecular flexibility index (Phi) is 7.42. The minimum absolute atomic E-state index is 0.00454. The fraction of sp³-hybridized carbons (Fsp3) is 0.345. The van der Waals surface area contributed by atoms with Gasteiger partial charge in [-0.1, -0.05) is 32.0 Å². The minimum Gasteiger partial charge on any atom is -0.497 e. The average molecular weight is 609 g/mol. The first-order valence-corrected chi connectivity index (χ1v) is 14.3. The third kappa shape index (κ3) is 4.85. The van der Waals surface area contributed by atoms with Gasteiger partial charge in [-0.25, -0.2) is 0 Å². The van der Waals surface area contributed by atoms with Crippen molar-refractivity contribution in [1.29, 1.82) is 0 Å². The van der Waals surface area contributed by atoms with Crippen LogP contribution in [0.3, 0.4) is 0 Å². The van der Waals surface area contributed by atoms with Crippen molar-refractivity contribution in [1.82, 2.24) is 0 Å². The zero-order valence-corrected chi connectivity index (χ0v) is 23.5. The molecule has 3 atom stereocenters. The van der Waals surface area contributed by atoms with E-state index in [4.69, 9.17) is 18.9 Å². The average Bonchev–Trinajstić information content (AvgIpc) is 3.51. The number of fused-ring (bicyclic) bond motifs is 2. The molecule has 1 aliphatic carbocycles. The Balaban J connectivity index is 1.77. The molecule has 0 radical (unpaired) electrons. The minimum atomic E-state index is -6.11. The molecule has 0 aromatic heterocycles. The van der Waals surface area contributed by atoms with E-state index in [0.29, 0.717) is 47.0 Å².